The van der Waals surface area contributed by atoms with Crippen molar-refractivity contribution in [1.82, 2.24) is 30.2 Å². The summed E-state index contributed by atoms with van der Waals surface area (Å²) in [7, 11) is 0. The normalized spacial score (nSPS) is 11.9. The maximum absolute atomic E-state index is 14.4. The number of nitrogens with one attached hydrogen (secondary N) is 1. The van der Waals surface area contributed by atoms with Gasteiger partial charge in [0.1, 0.15) is 5.75 Å². The molecule has 0 bridgehead atoms. The maximum Gasteiger partial charge on any atom is 0.304 e. The average Bonchev–Trinajstić information content (AvgIpc) is 3.42. The summed E-state index contributed by atoms with van der Waals surface area (Å²) in [6.45, 7) is 0. The van der Waals surface area contributed by atoms with Gasteiger partial charge in [-0.15, -0.1) is 5.10 Å². The molecule has 3 aromatic heterocycles. The first kappa shape index (κ1) is 20.2. The Balaban J connectivity index is 1.42. The molecule has 31 heavy (non-hydrogen) atoms. The molecule has 3 heterocycles. The highest BCUT2D eigenvalue weighted by Gasteiger charge is 2.13. The number of hydrogen-bond donors (Lipinski definition) is 3. The van der Waals surface area contributed by atoms with Gasteiger partial charge in [-0.25, -0.2) is 14.1 Å². The Morgan fingerprint density at radius 3 is 2.77 bits per heavy atom. The number of halogens is 1. The van der Waals surface area contributed by atoms with Gasteiger partial charge in [0.25, 0.3) is 5.88 Å². The van der Waals surface area contributed by atoms with Gasteiger partial charge in [0.15, 0.2) is 5.82 Å². The maximum atomic E-state index is 14.4. The lowest BCUT2D eigenvalue weighted by molar-refractivity contribution is -0.137. The number of carbonyl (C=O) groups is 1. The van der Waals surface area contributed by atoms with Crippen LogP contribution in [-0.4, -0.2) is 47.3 Å². The fraction of sp³-hybridized carbons (Fsp3) is 0.150. The van der Waals surface area contributed by atoms with E-state index in [9.17, 15) is 9.18 Å². The molecule has 11 heteroatoms. The van der Waals surface area contributed by atoms with E-state index in [2.05, 4.69) is 25.5 Å². The quantitative estimate of drug-likeness (QED) is 0.391. The third kappa shape index (κ3) is 4.90. The van der Waals surface area contributed by atoms with Gasteiger partial charge in [-0.2, -0.15) is 5.10 Å². The molecule has 0 saturated carbocycles. The van der Waals surface area contributed by atoms with Crippen molar-refractivity contribution in [3.05, 3.63) is 66.5 Å². The van der Waals surface area contributed by atoms with Gasteiger partial charge in [-0.1, -0.05) is 5.21 Å². The Hall–Kier alpha value is -4.12. The highest BCUT2D eigenvalue weighted by molar-refractivity contribution is 5.67. The number of aliphatic carboxylic acids is 1. The zero-order valence-corrected chi connectivity index (χ0v) is 16.1. The predicted molar refractivity (Wildman–Crippen MR) is 107 cm³/mol. The number of ether oxygens (including phenoxy) is 1. The fourth-order valence-electron chi connectivity index (χ4n) is 2.93. The minimum absolute atomic E-state index is 0.146. The molecule has 0 aliphatic carbocycles. The Bertz CT molecular complexity index is 1180. The van der Waals surface area contributed by atoms with Crippen LogP contribution < -0.4 is 10.5 Å². The summed E-state index contributed by atoms with van der Waals surface area (Å²) in [5.74, 6) is -1.31. The van der Waals surface area contributed by atoms with Crippen molar-refractivity contribution in [3.63, 3.8) is 0 Å². The van der Waals surface area contributed by atoms with E-state index in [1.54, 1.807) is 42.7 Å². The second-order valence-corrected chi connectivity index (χ2v) is 6.79. The smallest absolute Gasteiger partial charge is 0.304 e. The molecule has 4 aromatic rings. The van der Waals surface area contributed by atoms with E-state index < -0.39 is 17.8 Å². The molecule has 1 atom stereocenters. The first-order chi connectivity index (χ1) is 15.0. The van der Waals surface area contributed by atoms with E-state index in [0.29, 0.717) is 34.8 Å². The summed E-state index contributed by atoms with van der Waals surface area (Å²) >= 11 is 0. The van der Waals surface area contributed by atoms with Crippen LogP contribution in [0.3, 0.4) is 0 Å². The van der Waals surface area contributed by atoms with Gasteiger partial charge in [-0.05, 0) is 36.4 Å². The lowest BCUT2D eigenvalue weighted by atomic mass is 10.1. The van der Waals surface area contributed by atoms with E-state index in [1.807, 2.05) is 0 Å². The first-order valence-electron chi connectivity index (χ1n) is 9.30. The van der Waals surface area contributed by atoms with Crippen LogP contribution in [0.2, 0.25) is 0 Å². The molecule has 0 aliphatic rings. The SMILES string of the molecule is NC(CC(=O)O)Cc1cn(-c2ccc(Oc3ncc(-c4ccn[nH]4)cc3F)cc2)nn1. The Morgan fingerprint density at radius 1 is 1.29 bits per heavy atom. The van der Waals surface area contributed by atoms with Gasteiger partial charge in [0.2, 0.25) is 0 Å². The molecule has 0 fully saturated rings. The summed E-state index contributed by atoms with van der Waals surface area (Å²) in [6, 6.07) is 9.24. The second-order valence-electron chi connectivity index (χ2n) is 6.79. The molecule has 1 unspecified atom stereocenters. The van der Waals surface area contributed by atoms with Gasteiger partial charge in [0.05, 0.1) is 29.7 Å². The summed E-state index contributed by atoms with van der Waals surface area (Å²) < 4.78 is 21.4. The largest absolute Gasteiger partial charge is 0.481 e. The standard InChI is InChI=1S/C20H18FN7O3/c21-17-7-12(18-5-6-24-26-18)10-23-20(17)31-16-3-1-15(2-4-16)28-11-14(25-27-28)8-13(22)9-19(29)30/h1-7,10-11,13H,8-9,22H2,(H,24,26)(H,29,30). The van der Waals surface area contributed by atoms with Crippen LogP contribution in [0.25, 0.3) is 16.9 Å². The Labute approximate surface area is 175 Å². The fourth-order valence-corrected chi connectivity index (χ4v) is 2.93. The number of H-pyrrole nitrogens is 1. The van der Waals surface area contributed by atoms with Crippen LogP contribution in [0, 0.1) is 5.82 Å². The zero-order chi connectivity index (χ0) is 21.8. The number of hydrogen-bond acceptors (Lipinski definition) is 7. The van der Waals surface area contributed by atoms with Crippen molar-refractivity contribution < 1.29 is 19.0 Å². The summed E-state index contributed by atoms with van der Waals surface area (Å²) in [4.78, 5) is 14.8. The van der Waals surface area contributed by atoms with Crippen LogP contribution in [0.1, 0.15) is 12.1 Å². The molecule has 0 amide bonds. The van der Waals surface area contributed by atoms with Crippen LogP contribution in [-0.2, 0) is 11.2 Å². The number of aromatic nitrogens is 6. The number of nitrogens with two attached hydrogens (primary N) is 1. The van der Waals surface area contributed by atoms with E-state index >= 15 is 0 Å². The molecular weight excluding hydrogens is 405 g/mol. The summed E-state index contributed by atoms with van der Waals surface area (Å²) in [5.41, 5.74) is 8.27. The zero-order valence-electron chi connectivity index (χ0n) is 16.1. The van der Waals surface area contributed by atoms with Crippen molar-refractivity contribution in [3.8, 4) is 28.6 Å². The molecule has 4 rings (SSSR count). The number of carboxylic acids is 1. The number of benzene rings is 1. The highest BCUT2D eigenvalue weighted by atomic mass is 19.1. The van der Waals surface area contributed by atoms with Crippen molar-refractivity contribution >= 4 is 5.97 Å². The molecule has 0 saturated heterocycles. The minimum Gasteiger partial charge on any atom is -0.481 e. The molecule has 10 nitrogen and oxygen atoms in total. The van der Waals surface area contributed by atoms with Crippen molar-refractivity contribution in [1.29, 1.82) is 0 Å². The Morgan fingerprint density at radius 2 is 2.10 bits per heavy atom. The molecule has 1 aromatic carbocycles. The molecule has 0 aliphatic heterocycles. The lowest BCUT2D eigenvalue weighted by Crippen LogP contribution is -2.26. The van der Waals surface area contributed by atoms with E-state index in [4.69, 9.17) is 15.6 Å². The third-order valence-corrected chi connectivity index (χ3v) is 4.38. The monoisotopic (exact) mass is 423 g/mol. The van der Waals surface area contributed by atoms with Crippen LogP contribution in [0.15, 0.2) is 55.0 Å². The van der Waals surface area contributed by atoms with Gasteiger partial charge in [0, 0.05) is 30.4 Å². The van der Waals surface area contributed by atoms with E-state index in [1.165, 1.54) is 16.9 Å². The summed E-state index contributed by atoms with van der Waals surface area (Å²) in [6.07, 6.45) is 4.89. The molecular formula is C20H18FN7O3. The molecule has 158 valence electrons. The molecule has 0 radical (unpaired) electrons. The third-order valence-electron chi connectivity index (χ3n) is 4.38. The summed E-state index contributed by atoms with van der Waals surface area (Å²) in [5, 5.41) is 23.4. The number of aromatic amines is 1. The second kappa shape index (κ2) is 8.71. The Kier molecular flexibility index (Phi) is 5.67. The minimum atomic E-state index is -0.961. The van der Waals surface area contributed by atoms with Crippen LogP contribution in [0.4, 0.5) is 4.39 Å². The molecule has 4 N–H and O–H groups in total. The van der Waals surface area contributed by atoms with E-state index in [0.717, 1.165) is 0 Å². The van der Waals surface area contributed by atoms with Crippen molar-refractivity contribution in [2.24, 2.45) is 5.73 Å². The number of carboxylic acid groups (broad SMARTS) is 1. The average molecular weight is 423 g/mol. The molecule has 0 spiro atoms. The number of nitrogens with zero attached hydrogens (tertiary/aromatic N) is 5. The highest BCUT2D eigenvalue weighted by Crippen LogP contribution is 2.26. The number of pyridine rings is 1. The lowest BCUT2D eigenvalue weighted by Gasteiger charge is -2.08. The topological polar surface area (TPSA) is 145 Å². The van der Waals surface area contributed by atoms with Crippen LogP contribution in [0.5, 0.6) is 11.6 Å². The van der Waals surface area contributed by atoms with Gasteiger partial charge >= 0.3 is 5.97 Å². The number of rotatable bonds is 8. The van der Waals surface area contributed by atoms with Gasteiger partial charge < -0.3 is 15.6 Å². The van der Waals surface area contributed by atoms with Crippen LogP contribution >= 0.6 is 0 Å². The van der Waals surface area contributed by atoms with Crippen molar-refractivity contribution in [2.75, 3.05) is 0 Å². The first-order valence-corrected chi connectivity index (χ1v) is 9.30. The predicted octanol–water partition coefficient (Wildman–Crippen LogP) is 2.33. The van der Waals surface area contributed by atoms with Crippen molar-refractivity contribution in [2.45, 2.75) is 18.9 Å². The van der Waals surface area contributed by atoms with Gasteiger partial charge in [-0.3, -0.25) is 9.89 Å². The van der Waals surface area contributed by atoms with E-state index in [-0.39, 0.29) is 12.3 Å².